The molecule has 1 aromatic rings. The van der Waals surface area contributed by atoms with Gasteiger partial charge in [-0.05, 0) is 19.4 Å². The third-order valence-corrected chi connectivity index (χ3v) is 1.55. The van der Waals surface area contributed by atoms with Crippen LogP contribution < -0.4 is 0 Å². The van der Waals surface area contributed by atoms with Gasteiger partial charge in [0.2, 0.25) is 0 Å². The second-order valence-electron chi connectivity index (χ2n) is 2.84. The lowest BCUT2D eigenvalue weighted by Crippen LogP contribution is -1.85. The number of benzene rings is 1. The maximum absolute atomic E-state index is 4.59. The standard InChI is InChI=1S/C10H13NO/c1-8-4-9(2)6-10(5-8)7-11-12-3/h4-7H,1-3H3/b11-7+. The van der Waals surface area contributed by atoms with Crippen molar-refractivity contribution in [3.05, 3.63) is 34.9 Å². The van der Waals surface area contributed by atoms with Gasteiger partial charge in [0.05, 0.1) is 6.21 Å². The van der Waals surface area contributed by atoms with Crippen LogP contribution in [0.25, 0.3) is 0 Å². The Morgan fingerprint density at radius 2 is 1.75 bits per heavy atom. The Labute approximate surface area is 72.9 Å². The number of nitrogens with zero attached hydrogens (tertiary/aromatic N) is 1. The van der Waals surface area contributed by atoms with Crippen molar-refractivity contribution in [2.45, 2.75) is 13.8 Å². The largest absolute Gasteiger partial charge is 0.399 e. The molecule has 0 radical (unpaired) electrons. The quantitative estimate of drug-likeness (QED) is 0.484. The number of oxime groups is 1. The normalized spacial score (nSPS) is 10.6. The average molecular weight is 163 g/mol. The molecule has 0 bridgehead atoms. The summed E-state index contributed by atoms with van der Waals surface area (Å²) in [5.41, 5.74) is 3.56. The van der Waals surface area contributed by atoms with Gasteiger partial charge in [0.1, 0.15) is 7.11 Å². The molecule has 1 aromatic carbocycles. The smallest absolute Gasteiger partial charge is 0.106 e. The first-order valence-electron chi connectivity index (χ1n) is 3.87. The molecule has 64 valence electrons. The molecule has 0 saturated heterocycles. The Morgan fingerprint density at radius 3 is 2.25 bits per heavy atom. The number of hydrogen-bond acceptors (Lipinski definition) is 2. The molecule has 0 heterocycles. The van der Waals surface area contributed by atoms with E-state index in [1.807, 2.05) is 0 Å². The zero-order valence-electron chi connectivity index (χ0n) is 7.66. The molecule has 0 saturated carbocycles. The van der Waals surface area contributed by atoms with E-state index in [-0.39, 0.29) is 0 Å². The average Bonchev–Trinajstić information content (AvgIpc) is 1.99. The number of hydrogen-bond donors (Lipinski definition) is 0. The maximum atomic E-state index is 4.59. The summed E-state index contributed by atoms with van der Waals surface area (Å²) in [6.07, 6.45) is 1.71. The summed E-state index contributed by atoms with van der Waals surface area (Å²) in [5.74, 6) is 0. The second kappa shape index (κ2) is 3.90. The summed E-state index contributed by atoms with van der Waals surface area (Å²) in [6, 6.07) is 6.26. The summed E-state index contributed by atoms with van der Waals surface area (Å²) < 4.78 is 0. The Bertz CT molecular complexity index is 272. The molecule has 1 rings (SSSR count). The molecule has 0 aliphatic carbocycles. The van der Waals surface area contributed by atoms with Gasteiger partial charge in [-0.3, -0.25) is 0 Å². The molecule has 0 unspecified atom stereocenters. The molecule has 0 atom stereocenters. The second-order valence-corrected chi connectivity index (χ2v) is 2.84. The van der Waals surface area contributed by atoms with Crippen molar-refractivity contribution in [2.24, 2.45) is 5.16 Å². The van der Waals surface area contributed by atoms with Gasteiger partial charge in [-0.1, -0.05) is 34.5 Å². The Morgan fingerprint density at radius 1 is 1.17 bits per heavy atom. The SMILES string of the molecule is CO/N=C/c1cc(C)cc(C)c1. The van der Waals surface area contributed by atoms with Gasteiger partial charge >= 0.3 is 0 Å². The van der Waals surface area contributed by atoms with Crippen LogP contribution in [0.5, 0.6) is 0 Å². The van der Waals surface area contributed by atoms with E-state index < -0.39 is 0 Å². The van der Waals surface area contributed by atoms with Crippen molar-refractivity contribution in [2.75, 3.05) is 7.11 Å². The zero-order valence-corrected chi connectivity index (χ0v) is 7.66. The molecule has 0 fully saturated rings. The Kier molecular flexibility index (Phi) is 2.86. The van der Waals surface area contributed by atoms with Crippen molar-refractivity contribution < 1.29 is 4.84 Å². The van der Waals surface area contributed by atoms with Crippen LogP contribution in [0, 0.1) is 13.8 Å². The minimum atomic E-state index is 1.08. The van der Waals surface area contributed by atoms with Gasteiger partial charge in [0.25, 0.3) is 0 Å². The van der Waals surface area contributed by atoms with Crippen LogP contribution in [-0.4, -0.2) is 13.3 Å². The fraction of sp³-hybridized carbons (Fsp3) is 0.300. The first-order valence-corrected chi connectivity index (χ1v) is 3.87. The van der Waals surface area contributed by atoms with Crippen LogP contribution in [0.4, 0.5) is 0 Å². The van der Waals surface area contributed by atoms with E-state index in [1.165, 1.54) is 11.1 Å². The highest BCUT2D eigenvalue weighted by atomic mass is 16.6. The molecular formula is C10H13NO. The van der Waals surface area contributed by atoms with E-state index in [2.05, 4.69) is 42.0 Å². The van der Waals surface area contributed by atoms with Crippen LogP contribution in [0.2, 0.25) is 0 Å². The summed E-state index contributed by atoms with van der Waals surface area (Å²) in [5, 5.41) is 3.70. The van der Waals surface area contributed by atoms with Crippen LogP contribution in [0.15, 0.2) is 23.4 Å². The monoisotopic (exact) mass is 163 g/mol. The third-order valence-electron chi connectivity index (χ3n) is 1.55. The minimum absolute atomic E-state index is 1.08. The van der Waals surface area contributed by atoms with Gasteiger partial charge in [0.15, 0.2) is 0 Å². The number of aryl methyl sites for hydroxylation is 2. The van der Waals surface area contributed by atoms with Crippen LogP contribution in [0.3, 0.4) is 0 Å². The predicted molar refractivity (Wildman–Crippen MR) is 50.5 cm³/mol. The molecule has 2 heteroatoms. The van der Waals surface area contributed by atoms with Gasteiger partial charge in [0, 0.05) is 0 Å². The molecule has 0 amide bonds. The highest BCUT2D eigenvalue weighted by molar-refractivity contribution is 5.79. The summed E-state index contributed by atoms with van der Waals surface area (Å²) in [6.45, 7) is 4.13. The van der Waals surface area contributed by atoms with Gasteiger partial charge < -0.3 is 4.84 Å². The molecule has 0 spiro atoms. The summed E-state index contributed by atoms with van der Waals surface area (Å²) in [4.78, 5) is 4.59. The van der Waals surface area contributed by atoms with Gasteiger partial charge in [-0.15, -0.1) is 0 Å². The van der Waals surface area contributed by atoms with Crippen molar-refractivity contribution in [1.29, 1.82) is 0 Å². The molecule has 2 nitrogen and oxygen atoms in total. The van der Waals surface area contributed by atoms with E-state index in [1.54, 1.807) is 13.3 Å². The number of rotatable bonds is 2. The molecular weight excluding hydrogens is 150 g/mol. The summed E-state index contributed by atoms with van der Waals surface area (Å²) in [7, 11) is 1.54. The van der Waals surface area contributed by atoms with E-state index in [4.69, 9.17) is 0 Å². The highest BCUT2D eigenvalue weighted by Crippen LogP contribution is 2.06. The van der Waals surface area contributed by atoms with Crippen LogP contribution in [0.1, 0.15) is 16.7 Å². The lowest BCUT2D eigenvalue weighted by Gasteiger charge is -1.98. The van der Waals surface area contributed by atoms with Crippen LogP contribution in [-0.2, 0) is 4.84 Å². The lowest BCUT2D eigenvalue weighted by molar-refractivity contribution is 0.215. The molecule has 0 aliphatic heterocycles. The van der Waals surface area contributed by atoms with E-state index in [0.29, 0.717) is 0 Å². The van der Waals surface area contributed by atoms with Crippen LogP contribution >= 0.6 is 0 Å². The lowest BCUT2D eigenvalue weighted by atomic mass is 10.1. The molecule has 12 heavy (non-hydrogen) atoms. The summed E-state index contributed by atoms with van der Waals surface area (Å²) >= 11 is 0. The Hall–Kier alpha value is -1.31. The first kappa shape index (κ1) is 8.78. The van der Waals surface area contributed by atoms with Crippen molar-refractivity contribution in [3.8, 4) is 0 Å². The van der Waals surface area contributed by atoms with Crippen molar-refractivity contribution >= 4 is 6.21 Å². The first-order chi connectivity index (χ1) is 5.72. The van der Waals surface area contributed by atoms with E-state index in [0.717, 1.165) is 5.56 Å². The highest BCUT2D eigenvalue weighted by Gasteiger charge is 1.91. The maximum Gasteiger partial charge on any atom is 0.106 e. The van der Waals surface area contributed by atoms with Gasteiger partial charge in [-0.25, -0.2) is 0 Å². The zero-order chi connectivity index (χ0) is 8.97. The minimum Gasteiger partial charge on any atom is -0.399 e. The van der Waals surface area contributed by atoms with Gasteiger partial charge in [-0.2, -0.15) is 0 Å². The van der Waals surface area contributed by atoms with Crippen molar-refractivity contribution in [1.82, 2.24) is 0 Å². The molecule has 0 N–H and O–H groups in total. The fourth-order valence-electron chi connectivity index (χ4n) is 1.20. The topological polar surface area (TPSA) is 21.6 Å². The van der Waals surface area contributed by atoms with Crippen molar-refractivity contribution in [3.63, 3.8) is 0 Å². The van der Waals surface area contributed by atoms with E-state index >= 15 is 0 Å². The predicted octanol–water partition coefficient (Wildman–Crippen LogP) is 2.28. The van der Waals surface area contributed by atoms with E-state index in [9.17, 15) is 0 Å². The fourth-order valence-corrected chi connectivity index (χ4v) is 1.20. The molecule has 0 aliphatic rings. The third kappa shape index (κ3) is 2.38. The molecule has 0 aromatic heterocycles. The Balaban J connectivity index is 2.93.